The van der Waals surface area contributed by atoms with Crippen LogP contribution < -0.4 is 21.5 Å². The number of anilines is 2. The minimum absolute atomic E-state index is 0.0187. The van der Waals surface area contributed by atoms with Crippen LogP contribution in [0.4, 0.5) is 11.5 Å². The van der Waals surface area contributed by atoms with Crippen LogP contribution in [0, 0.1) is 6.92 Å². The van der Waals surface area contributed by atoms with Crippen molar-refractivity contribution in [1.82, 2.24) is 9.88 Å². The molecule has 132 valence electrons. The van der Waals surface area contributed by atoms with Crippen LogP contribution >= 0.6 is 0 Å². The number of nitrogens with zero attached hydrogens (tertiary/aromatic N) is 2. The second-order valence-electron chi connectivity index (χ2n) is 6.42. The Balaban J connectivity index is 2.00. The molecule has 3 amide bonds. The van der Waals surface area contributed by atoms with Crippen molar-refractivity contribution in [2.24, 2.45) is 0 Å². The predicted molar refractivity (Wildman–Crippen MR) is 94.6 cm³/mol. The summed E-state index contributed by atoms with van der Waals surface area (Å²) < 4.78 is 1.19. The van der Waals surface area contributed by atoms with Gasteiger partial charge in [-0.3, -0.25) is 29.1 Å². The maximum absolute atomic E-state index is 12.7. The number of imide groups is 1. The number of amides is 3. The van der Waals surface area contributed by atoms with Crippen molar-refractivity contribution in [3.05, 3.63) is 51.3 Å². The zero-order valence-electron chi connectivity index (χ0n) is 14.0. The third-order valence-electron chi connectivity index (χ3n) is 4.69. The molecular formula is C18H16N4O4. The molecule has 1 fully saturated rings. The molecular weight excluding hydrogens is 336 g/mol. The van der Waals surface area contributed by atoms with E-state index in [4.69, 9.17) is 5.73 Å². The second kappa shape index (κ2) is 5.55. The molecule has 2 aliphatic heterocycles. The number of aromatic nitrogens is 1. The van der Waals surface area contributed by atoms with Gasteiger partial charge in [0.05, 0.1) is 22.5 Å². The number of carbonyl (C=O) groups excluding carboxylic acids is 3. The smallest absolute Gasteiger partial charge is 0.262 e. The summed E-state index contributed by atoms with van der Waals surface area (Å²) in [6.07, 6.45) is 1.18. The van der Waals surface area contributed by atoms with Gasteiger partial charge in [-0.1, -0.05) is 6.07 Å². The van der Waals surface area contributed by atoms with Gasteiger partial charge in [0.2, 0.25) is 5.91 Å². The van der Waals surface area contributed by atoms with Crippen LogP contribution in [-0.2, 0) is 4.79 Å². The number of rotatable bonds is 2. The van der Waals surface area contributed by atoms with E-state index in [1.807, 2.05) is 13.0 Å². The van der Waals surface area contributed by atoms with Gasteiger partial charge in [0, 0.05) is 19.0 Å². The Morgan fingerprint density at radius 2 is 1.81 bits per heavy atom. The number of nitrogens with one attached hydrogen (secondary N) is 1. The van der Waals surface area contributed by atoms with Crippen molar-refractivity contribution in [2.45, 2.75) is 19.8 Å². The van der Waals surface area contributed by atoms with Crippen molar-refractivity contribution in [3.8, 4) is 5.69 Å². The Labute approximate surface area is 148 Å². The number of carbonyl (C=O) groups is 3. The van der Waals surface area contributed by atoms with Crippen LogP contribution in [0.15, 0.2) is 29.1 Å². The largest absolute Gasteiger partial charge is 0.384 e. The number of hydrogen-bond donors (Lipinski definition) is 2. The first-order chi connectivity index (χ1) is 12.4. The van der Waals surface area contributed by atoms with Gasteiger partial charge in [-0.15, -0.1) is 0 Å². The van der Waals surface area contributed by atoms with Gasteiger partial charge in [-0.2, -0.15) is 0 Å². The summed E-state index contributed by atoms with van der Waals surface area (Å²) in [7, 11) is 0. The highest BCUT2D eigenvalue weighted by molar-refractivity contribution is 6.23. The summed E-state index contributed by atoms with van der Waals surface area (Å²) in [5, 5.41) is 2.14. The van der Waals surface area contributed by atoms with Gasteiger partial charge in [-0.25, -0.2) is 0 Å². The van der Waals surface area contributed by atoms with Crippen LogP contribution in [0.1, 0.15) is 39.1 Å². The maximum Gasteiger partial charge on any atom is 0.262 e. The van der Waals surface area contributed by atoms with Gasteiger partial charge in [-0.05, 0) is 31.0 Å². The average molecular weight is 352 g/mol. The van der Waals surface area contributed by atoms with E-state index >= 15 is 0 Å². The molecule has 8 heteroatoms. The fraction of sp³-hybridized carbons (Fsp3) is 0.222. The molecule has 4 rings (SSSR count). The number of nitrogens with two attached hydrogens (primary N) is 1. The molecule has 3 N–H and O–H groups in total. The monoisotopic (exact) mass is 352 g/mol. The number of fused-ring (bicyclic) bond motifs is 1. The summed E-state index contributed by atoms with van der Waals surface area (Å²) in [5.74, 6) is -1.42. The van der Waals surface area contributed by atoms with E-state index in [1.54, 1.807) is 17.0 Å². The Kier molecular flexibility index (Phi) is 3.43. The zero-order chi connectivity index (χ0) is 18.6. The lowest BCUT2D eigenvalue weighted by Gasteiger charge is -2.22. The Morgan fingerprint density at radius 3 is 2.50 bits per heavy atom. The van der Waals surface area contributed by atoms with E-state index < -0.39 is 17.4 Å². The molecule has 0 unspecified atom stereocenters. The van der Waals surface area contributed by atoms with Crippen molar-refractivity contribution in [2.75, 3.05) is 17.2 Å². The molecule has 0 saturated carbocycles. The number of benzene rings is 1. The highest BCUT2D eigenvalue weighted by atomic mass is 16.2. The van der Waals surface area contributed by atoms with E-state index in [2.05, 4.69) is 5.32 Å². The number of pyridine rings is 1. The summed E-state index contributed by atoms with van der Waals surface area (Å²) in [5.41, 5.74) is 7.37. The second-order valence-corrected chi connectivity index (χ2v) is 6.42. The number of hydrogen-bond acceptors (Lipinski definition) is 5. The molecule has 1 saturated heterocycles. The fourth-order valence-corrected chi connectivity index (χ4v) is 3.47. The first-order valence-electron chi connectivity index (χ1n) is 8.21. The van der Waals surface area contributed by atoms with Crippen molar-refractivity contribution in [1.29, 1.82) is 0 Å². The van der Waals surface area contributed by atoms with Crippen LogP contribution in [0.25, 0.3) is 5.69 Å². The van der Waals surface area contributed by atoms with E-state index in [0.717, 1.165) is 18.1 Å². The van der Waals surface area contributed by atoms with Crippen molar-refractivity contribution < 1.29 is 14.4 Å². The molecule has 0 bridgehead atoms. The SMILES string of the molecule is Cc1ccc(N2CCCC2=O)c(-n2c(N)c3c(cc2=O)C(=O)NC3=O)c1. The lowest BCUT2D eigenvalue weighted by molar-refractivity contribution is -0.117. The van der Waals surface area contributed by atoms with Crippen LogP contribution in [0.3, 0.4) is 0 Å². The van der Waals surface area contributed by atoms with Crippen molar-refractivity contribution in [3.63, 3.8) is 0 Å². The normalized spacial score (nSPS) is 16.2. The molecule has 0 aliphatic carbocycles. The van der Waals surface area contributed by atoms with Gasteiger partial charge in [0.15, 0.2) is 0 Å². The molecule has 1 aromatic heterocycles. The first-order valence-corrected chi connectivity index (χ1v) is 8.21. The van der Waals surface area contributed by atoms with Crippen LogP contribution in [-0.4, -0.2) is 28.8 Å². The lowest BCUT2D eigenvalue weighted by Crippen LogP contribution is -2.29. The highest BCUT2D eigenvalue weighted by Gasteiger charge is 2.33. The van der Waals surface area contributed by atoms with E-state index in [0.29, 0.717) is 24.3 Å². The molecule has 3 heterocycles. The van der Waals surface area contributed by atoms with Gasteiger partial charge < -0.3 is 10.6 Å². The van der Waals surface area contributed by atoms with Gasteiger partial charge >= 0.3 is 0 Å². The predicted octanol–water partition coefficient (Wildman–Crippen LogP) is 0.739. The minimum Gasteiger partial charge on any atom is -0.384 e. The van der Waals surface area contributed by atoms with Crippen molar-refractivity contribution >= 4 is 29.2 Å². The molecule has 2 aromatic rings. The van der Waals surface area contributed by atoms with E-state index in [1.165, 1.54) is 4.57 Å². The molecule has 26 heavy (non-hydrogen) atoms. The topological polar surface area (TPSA) is 114 Å². The zero-order valence-corrected chi connectivity index (χ0v) is 14.0. The minimum atomic E-state index is -0.639. The fourth-order valence-electron chi connectivity index (χ4n) is 3.47. The molecule has 2 aliphatic rings. The molecule has 0 atom stereocenters. The van der Waals surface area contributed by atoms with E-state index in [-0.39, 0.29) is 22.9 Å². The maximum atomic E-state index is 12.7. The molecule has 0 radical (unpaired) electrons. The first kappa shape index (κ1) is 16.1. The standard InChI is InChI=1S/C18H16N4O4/c1-9-4-5-11(21-6-2-3-13(21)23)12(7-9)22-14(24)8-10-15(16(22)19)18(26)20-17(10)25/h4-5,7-8H,2-3,6,19H2,1H3,(H,20,25,26). The van der Waals surface area contributed by atoms with Gasteiger partial charge in [0.1, 0.15) is 5.82 Å². The quantitative estimate of drug-likeness (QED) is 0.774. The highest BCUT2D eigenvalue weighted by Crippen LogP contribution is 2.31. The average Bonchev–Trinajstić information content (AvgIpc) is 3.11. The Bertz CT molecular complexity index is 1050. The van der Waals surface area contributed by atoms with E-state index in [9.17, 15) is 19.2 Å². The summed E-state index contributed by atoms with van der Waals surface area (Å²) in [4.78, 5) is 50.4. The molecule has 8 nitrogen and oxygen atoms in total. The summed E-state index contributed by atoms with van der Waals surface area (Å²) in [6, 6.07) is 6.44. The molecule has 0 spiro atoms. The summed E-state index contributed by atoms with van der Waals surface area (Å²) in [6.45, 7) is 2.40. The van der Waals surface area contributed by atoms with Gasteiger partial charge in [0.25, 0.3) is 17.4 Å². The summed E-state index contributed by atoms with van der Waals surface area (Å²) >= 11 is 0. The third kappa shape index (κ3) is 2.22. The number of aryl methyl sites for hydroxylation is 1. The Morgan fingerprint density at radius 1 is 1.04 bits per heavy atom. The Hall–Kier alpha value is -3.42. The third-order valence-corrected chi connectivity index (χ3v) is 4.69. The van der Waals surface area contributed by atoms with Crippen LogP contribution in [0.5, 0.6) is 0 Å². The lowest BCUT2D eigenvalue weighted by atomic mass is 10.1. The number of nitrogen functional groups attached to an aromatic ring is 1. The van der Waals surface area contributed by atoms with Crippen LogP contribution in [0.2, 0.25) is 0 Å². The molecule has 1 aromatic carbocycles.